The van der Waals surface area contributed by atoms with Crippen LogP contribution < -0.4 is 10.2 Å². The van der Waals surface area contributed by atoms with Gasteiger partial charge in [-0.25, -0.2) is 0 Å². The minimum atomic E-state index is -0.473. The summed E-state index contributed by atoms with van der Waals surface area (Å²) >= 11 is 0. The van der Waals surface area contributed by atoms with Gasteiger partial charge in [0.2, 0.25) is 11.8 Å². The van der Waals surface area contributed by atoms with Crippen LogP contribution in [0.15, 0.2) is 18.2 Å². The number of likely N-dealkylation sites (N-methyl/N-ethyl adjacent to an activating group) is 1. The predicted molar refractivity (Wildman–Crippen MR) is 93.7 cm³/mol. The Labute approximate surface area is 139 Å². The molecular weight excluding hydrogens is 288 g/mol. The number of carbonyl (C=O) groups is 2. The molecular formula is C19H28N2O2. The summed E-state index contributed by atoms with van der Waals surface area (Å²) < 4.78 is 0. The lowest BCUT2D eigenvalue weighted by atomic mass is 9.85. The summed E-state index contributed by atoms with van der Waals surface area (Å²) in [6, 6.07) is 6.17. The molecule has 0 aliphatic carbocycles. The van der Waals surface area contributed by atoms with E-state index in [0.717, 1.165) is 36.1 Å². The smallest absolute Gasteiger partial charge is 0.236 e. The molecule has 126 valence electrons. The van der Waals surface area contributed by atoms with Crippen molar-refractivity contribution in [1.29, 1.82) is 0 Å². The van der Waals surface area contributed by atoms with Crippen LogP contribution in [-0.2, 0) is 21.4 Å². The van der Waals surface area contributed by atoms with Gasteiger partial charge in [-0.05, 0) is 50.3 Å². The Morgan fingerprint density at radius 3 is 2.52 bits per heavy atom. The summed E-state index contributed by atoms with van der Waals surface area (Å²) in [7, 11) is 1.82. The Balaban J connectivity index is 2.03. The summed E-state index contributed by atoms with van der Waals surface area (Å²) in [5.41, 5.74) is 2.75. The molecule has 1 aromatic rings. The Kier molecular flexibility index (Phi) is 5.12. The maximum Gasteiger partial charge on any atom is 0.236 e. The van der Waals surface area contributed by atoms with Gasteiger partial charge in [0.15, 0.2) is 0 Å². The average Bonchev–Trinajstić information content (AvgIpc) is 2.70. The minimum Gasteiger partial charge on any atom is -0.356 e. The van der Waals surface area contributed by atoms with Crippen molar-refractivity contribution in [1.82, 2.24) is 5.32 Å². The van der Waals surface area contributed by atoms with Crippen molar-refractivity contribution in [3.63, 3.8) is 0 Å². The van der Waals surface area contributed by atoms with E-state index in [-0.39, 0.29) is 17.7 Å². The highest BCUT2D eigenvalue weighted by atomic mass is 16.2. The molecule has 1 N–H and O–H groups in total. The van der Waals surface area contributed by atoms with Gasteiger partial charge in [0.1, 0.15) is 0 Å². The second-order valence-corrected chi connectivity index (χ2v) is 6.90. The lowest BCUT2D eigenvalue weighted by Gasteiger charge is -2.17. The molecule has 2 amide bonds. The third-order valence-electron chi connectivity index (χ3n) is 5.00. The van der Waals surface area contributed by atoms with E-state index in [2.05, 4.69) is 11.4 Å². The first kappa shape index (κ1) is 17.5. The van der Waals surface area contributed by atoms with Crippen LogP contribution in [0.25, 0.3) is 0 Å². The Bertz CT molecular complexity index is 603. The zero-order valence-corrected chi connectivity index (χ0v) is 14.9. The van der Waals surface area contributed by atoms with Gasteiger partial charge in [0.25, 0.3) is 0 Å². The van der Waals surface area contributed by atoms with E-state index in [1.54, 1.807) is 4.90 Å². The number of benzene rings is 1. The van der Waals surface area contributed by atoms with Gasteiger partial charge < -0.3 is 10.2 Å². The summed E-state index contributed by atoms with van der Waals surface area (Å²) in [5.74, 6) is 0.387. The number of carbonyl (C=O) groups excluding carboxylic acids is 2. The number of fused-ring (bicyclic) bond motifs is 1. The highest BCUT2D eigenvalue weighted by Gasteiger charge is 2.42. The first-order chi connectivity index (χ1) is 10.8. The first-order valence-electron chi connectivity index (χ1n) is 8.52. The second kappa shape index (κ2) is 6.73. The maximum absolute atomic E-state index is 12.3. The zero-order chi connectivity index (χ0) is 17.2. The molecule has 1 aromatic carbocycles. The second-order valence-electron chi connectivity index (χ2n) is 6.90. The number of hydrogen-bond acceptors (Lipinski definition) is 2. The Morgan fingerprint density at radius 1 is 1.26 bits per heavy atom. The normalized spacial score (nSPS) is 15.9. The Hall–Kier alpha value is -1.84. The van der Waals surface area contributed by atoms with Crippen molar-refractivity contribution >= 4 is 17.5 Å². The van der Waals surface area contributed by atoms with Crippen molar-refractivity contribution in [2.45, 2.75) is 52.4 Å². The van der Waals surface area contributed by atoms with Crippen LogP contribution in [0.4, 0.5) is 5.69 Å². The van der Waals surface area contributed by atoms with Crippen LogP contribution >= 0.6 is 0 Å². The third-order valence-corrected chi connectivity index (χ3v) is 5.00. The van der Waals surface area contributed by atoms with E-state index in [4.69, 9.17) is 0 Å². The van der Waals surface area contributed by atoms with E-state index in [9.17, 15) is 9.59 Å². The minimum absolute atomic E-state index is 0.111. The molecule has 23 heavy (non-hydrogen) atoms. The number of rotatable bonds is 6. The standard InChI is InChI=1S/C19H28N2O2/c1-6-14(7-2)17(22)20-11-10-13-8-9-16-15(12-13)19(3,4)18(23)21(16)5/h8-9,12,14H,6-7,10-11H2,1-5H3,(H,20,22). The summed E-state index contributed by atoms with van der Waals surface area (Å²) in [4.78, 5) is 26.0. The molecule has 2 rings (SSSR count). The summed E-state index contributed by atoms with van der Waals surface area (Å²) in [5, 5.41) is 3.02. The molecule has 0 saturated carbocycles. The van der Waals surface area contributed by atoms with Crippen molar-refractivity contribution < 1.29 is 9.59 Å². The summed E-state index contributed by atoms with van der Waals surface area (Å²) in [6.07, 6.45) is 2.54. The molecule has 1 aliphatic rings. The van der Waals surface area contributed by atoms with Crippen molar-refractivity contribution in [2.75, 3.05) is 18.5 Å². The van der Waals surface area contributed by atoms with E-state index in [0.29, 0.717) is 6.54 Å². The third kappa shape index (κ3) is 3.26. The van der Waals surface area contributed by atoms with E-state index < -0.39 is 5.41 Å². The topological polar surface area (TPSA) is 49.4 Å². The molecule has 4 heteroatoms. The van der Waals surface area contributed by atoms with E-state index in [1.807, 2.05) is 46.9 Å². The average molecular weight is 316 g/mol. The molecule has 0 unspecified atom stereocenters. The predicted octanol–water partition coefficient (Wildman–Crippen LogP) is 3.04. The number of nitrogens with zero attached hydrogens (tertiary/aromatic N) is 1. The molecule has 0 saturated heterocycles. The fraction of sp³-hybridized carbons (Fsp3) is 0.579. The van der Waals surface area contributed by atoms with Crippen LogP contribution in [0.1, 0.15) is 51.7 Å². The highest BCUT2D eigenvalue weighted by Crippen LogP contribution is 2.41. The number of anilines is 1. The molecule has 4 nitrogen and oxygen atoms in total. The lowest BCUT2D eigenvalue weighted by molar-refractivity contribution is -0.125. The zero-order valence-electron chi connectivity index (χ0n) is 14.9. The van der Waals surface area contributed by atoms with Crippen LogP contribution in [0, 0.1) is 5.92 Å². The van der Waals surface area contributed by atoms with Gasteiger partial charge in [-0.1, -0.05) is 26.0 Å². The van der Waals surface area contributed by atoms with Gasteiger partial charge in [-0.3, -0.25) is 9.59 Å². The Morgan fingerprint density at radius 2 is 1.91 bits per heavy atom. The molecule has 0 atom stereocenters. The highest BCUT2D eigenvalue weighted by molar-refractivity contribution is 6.07. The molecule has 0 radical (unpaired) electrons. The number of nitrogens with one attached hydrogen (secondary N) is 1. The monoisotopic (exact) mass is 316 g/mol. The van der Waals surface area contributed by atoms with E-state index >= 15 is 0 Å². The van der Waals surface area contributed by atoms with Crippen LogP contribution in [0.3, 0.4) is 0 Å². The van der Waals surface area contributed by atoms with Gasteiger partial charge >= 0.3 is 0 Å². The maximum atomic E-state index is 12.3. The fourth-order valence-corrected chi connectivity index (χ4v) is 3.31. The quantitative estimate of drug-likeness (QED) is 0.877. The summed E-state index contributed by atoms with van der Waals surface area (Å²) in [6.45, 7) is 8.67. The molecule has 0 aromatic heterocycles. The lowest BCUT2D eigenvalue weighted by Crippen LogP contribution is -2.33. The van der Waals surface area contributed by atoms with Gasteiger partial charge in [-0.15, -0.1) is 0 Å². The molecule has 1 heterocycles. The largest absolute Gasteiger partial charge is 0.356 e. The first-order valence-corrected chi connectivity index (χ1v) is 8.52. The van der Waals surface area contributed by atoms with Crippen molar-refractivity contribution in [2.24, 2.45) is 5.92 Å². The molecule has 0 spiro atoms. The van der Waals surface area contributed by atoms with Crippen molar-refractivity contribution in [3.8, 4) is 0 Å². The molecule has 0 fully saturated rings. The number of amides is 2. The van der Waals surface area contributed by atoms with Crippen molar-refractivity contribution in [3.05, 3.63) is 29.3 Å². The van der Waals surface area contributed by atoms with Gasteiger partial charge in [0.05, 0.1) is 5.41 Å². The molecule has 0 bridgehead atoms. The molecule has 1 aliphatic heterocycles. The van der Waals surface area contributed by atoms with Crippen LogP contribution in [0.5, 0.6) is 0 Å². The van der Waals surface area contributed by atoms with Gasteiger partial charge in [0, 0.05) is 25.2 Å². The van der Waals surface area contributed by atoms with Crippen LogP contribution in [0.2, 0.25) is 0 Å². The van der Waals surface area contributed by atoms with Gasteiger partial charge in [-0.2, -0.15) is 0 Å². The fourth-order valence-electron chi connectivity index (χ4n) is 3.31. The van der Waals surface area contributed by atoms with E-state index in [1.165, 1.54) is 0 Å². The van der Waals surface area contributed by atoms with Crippen LogP contribution in [-0.4, -0.2) is 25.4 Å². The SMILES string of the molecule is CCC(CC)C(=O)NCCc1ccc2c(c1)C(C)(C)C(=O)N2C. The number of hydrogen-bond donors (Lipinski definition) is 1.